The van der Waals surface area contributed by atoms with Crippen LogP contribution in [-0.2, 0) is 4.79 Å². The molecule has 1 aliphatic carbocycles. The molecule has 16 heavy (non-hydrogen) atoms. The molecule has 0 saturated heterocycles. The highest BCUT2D eigenvalue weighted by Crippen LogP contribution is 2.24. The average molecular weight is 226 g/mol. The molecule has 1 fully saturated rings. The van der Waals surface area contributed by atoms with E-state index in [9.17, 15) is 4.79 Å². The molecule has 1 atom stereocenters. The lowest BCUT2D eigenvalue weighted by atomic mass is 9.93. The molecular weight excluding hydrogens is 200 g/mol. The summed E-state index contributed by atoms with van der Waals surface area (Å²) in [5, 5.41) is 0. The summed E-state index contributed by atoms with van der Waals surface area (Å²) in [4.78, 5) is 14.3. The number of hydrogen-bond donors (Lipinski definition) is 1. The van der Waals surface area contributed by atoms with Crippen LogP contribution in [0, 0.1) is 5.92 Å². The Morgan fingerprint density at radius 1 is 1.38 bits per heavy atom. The fourth-order valence-electron chi connectivity index (χ4n) is 2.64. The molecule has 0 bridgehead atoms. The van der Waals surface area contributed by atoms with Gasteiger partial charge in [-0.1, -0.05) is 26.2 Å². The quantitative estimate of drug-likeness (QED) is 0.781. The summed E-state index contributed by atoms with van der Waals surface area (Å²) in [7, 11) is 0. The van der Waals surface area contributed by atoms with Crippen molar-refractivity contribution in [3.05, 3.63) is 0 Å². The predicted molar refractivity (Wildman–Crippen MR) is 67.1 cm³/mol. The number of nitrogens with zero attached hydrogens (tertiary/aromatic N) is 1. The van der Waals surface area contributed by atoms with E-state index in [-0.39, 0.29) is 5.92 Å². The molecule has 1 rings (SSSR count). The van der Waals surface area contributed by atoms with Gasteiger partial charge in [0.05, 0.1) is 0 Å². The summed E-state index contributed by atoms with van der Waals surface area (Å²) in [6.07, 6.45) is 7.08. The fourth-order valence-corrected chi connectivity index (χ4v) is 2.64. The molecular formula is C13H26N2O. The molecule has 3 nitrogen and oxygen atoms in total. The van der Waals surface area contributed by atoms with E-state index in [0.717, 1.165) is 13.0 Å². The maximum atomic E-state index is 12.2. The topological polar surface area (TPSA) is 46.3 Å². The summed E-state index contributed by atoms with van der Waals surface area (Å²) in [6.45, 7) is 5.54. The Morgan fingerprint density at radius 3 is 2.50 bits per heavy atom. The molecule has 1 aliphatic rings. The minimum absolute atomic E-state index is 0.0897. The van der Waals surface area contributed by atoms with Gasteiger partial charge < -0.3 is 10.6 Å². The second kappa shape index (κ2) is 6.89. The van der Waals surface area contributed by atoms with Crippen molar-refractivity contribution in [1.29, 1.82) is 0 Å². The zero-order valence-corrected chi connectivity index (χ0v) is 10.7. The predicted octanol–water partition coefficient (Wildman–Crippen LogP) is 2.15. The van der Waals surface area contributed by atoms with Crippen LogP contribution in [0.1, 0.15) is 52.4 Å². The zero-order chi connectivity index (χ0) is 12.0. The van der Waals surface area contributed by atoms with Crippen LogP contribution in [0.4, 0.5) is 0 Å². The molecule has 0 aromatic heterocycles. The number of hydrogen-bond acceptors (Lipinski definition) is 2. The number of rotatable bonds is 5. The number of amides is 1. The fraction of sp³-hybridized carbons (Fsp3) is 0.923. The van der Waals surface area contributed by atoms with Gasteiger partial charge in [0.25, 0.3) is 0 Å². The standard InChI is InChI=1S/C13H26N2O/c1-3-15(12-7-5-4-6-8-12)13(16)11(2)9-10-14/h11-12H,3-10,14H2,1-2H3. The highest BCUT2D eigenvalue weighted by molar-refractivity contribution is 5.78. The Bertz CT molecular complexity index is 212. The minimum Gasteiger partial charge on any atom is -0.340 e. The molecule has 94 valence electrons. The van der Waals surface area contributed by atoms with Crippen molar-refractivity contribution in [2.75, 3.05) is 13.1 Å². The van der Waals surface area contributed by atoms with E-state index >= 15 is 0 Å². The summed E-state index contributed by atoms with van der Waals surface area (Å²) in [6, 6.07) is 0.492. The third kappa shape index (κ3) is 3.48. The third-order valence-corrected chi connectivity index (χ3v) is 3.66. The normalized spacial score (nSPS) is 19.4. The van der Waals surface area contributed by atoms with Gasteiger partial charge in [-0.05, 0) is 32.7 Å². The van der Waals surface area contributed by atoms with Crippen molar-refractivity contribution in [2.24, 2.45) is 11.7 Å². The van der Waals surface area contributed by atoms with E-state index in [2.05, 4.69) is 11.8 Å². The van der Waals surface area contributed by atoms with Crippen molar-refractivity contribution in [2.45, 2.75) is 58.4 Å². The van der Waals surface area contributed by atoms with Crippen LogP contribution in [0.5, 0.6) is 0 Å². The molecule has 0 aromatic rings. The molecule has 1 amide bonds. The van der Waals surface area contributed by atoms with Crippen LogP contribution >= 0.6 is 0 Å². The van der Waals surface area contributed by atoms with Crippen LogP contribution in [0.3, 0.4) is 0 Å². The Hall–Kier alpha value is -0.570. The molecule has 0 radical (unpaired) electrons. The van der Waals surface area contributed by atoms with Gasteiger partial charge in [0, 0.05) is 18.5 Å². The van der Waals surface area contributed by atoms with Crippen molar-refractivity contribution >= 4 is 5.91 Å². The SMILES string of the molecule is CCN(C(=O)C(C)CCN)C1CCCCC1. The smallest absolute Gasteiger partial charge is 0.225 e. The summed E-state index contributed by atoms with van der Waals surface area (Å²) in [5.74, 6) is 0.395. The van der Waals surface area contributed by atoms with E-state index in [4.69, 9.17) is 5.73 Å². The van der Waals surface area contributed by atoms with Gasteiger partial charge in [0.2, 0.25) is 5.91 Å². The van der Waals surface area contributed by atoms with Gasteiger partial charge in [-0.3, -0.25) is 4.79 Å². The van der Waals surface area contributed by atoms with Gasteiger partial charge in [-0.15, -0.1) is 0 Å². The third-order valence-electron chi connectivity index (χ3n) is 3.66. The van der Waals surface area contributed by atoms with E-state index in [1.54, 1.807) is 0 Å². The molecule has 0 spiro atoms. The molecule has 0 heterocycles. The molecule has 2 N–H and O–H groups in total. The Balaban J connectivity index is 2.54. The Kier molecular flexibility index (Phi) is 5.81. The number of carbonyl (C=O) groups is 1. The van der Waals surface area contributed by atoms with Crippen LogP contribution in [-0.4, -0.2) is 29.9 Å². The van der Waals surface area contributed by atoms with Crippen LogP contribution in [0.25, 0.3) is 0 Å². The Labute approximate surface area is 99.4 Å². The first-order chi connectivity index (χ1) is 7.70. The van der Waals surface area contributed by atoms with Crippen molar-refractivity contribution in [3.8, 4) is 0 Å². The Morgan fingerprint density at radius 2 is 2.00 bits per heavy atom. The second-order valence-electron chi connectivity index (χ2n) is 4.89. The van der Waals surface area contributed by atoms with Gasteiger partial charge in [-0.2, -0.15) is 0 Å². The lowest BCUT2D eigenvalue weighted by Gasteiger charge is -2.35. The average Bonchev–Trinajstić information content (AvgIpc) is 2.31. The van der Waals surface area contributed by atoms with E-state index < -0.39 is 0 Å². The number of carbonyl (C=O) groups excluding carboxylic acids is 1. The summed E-state index contributed by atoms with van der Waals surface area (Å²) < 4.78 is 0. The first-order valence-corrected chi connectivity index (χ1v) is 6.71. The van der Waals surface area contributed by atoms with Gasteiger partial charge in [-0.25, -0.2) is 0 Å². The lowest BCUT2D eigenvalue weighted by molar-refractivity contribution is -0.138. The van der Waals surface area contributed by atoms with E-state index in [1.807, 2.05) is 6.92 Å². The monoisotopic (exact) mass is 226 g/mol. The van der Waals surface area contributed by atoms with Gasteiger partial charge in [0.15, 0.2) is 0 Å². The first-order valence-electron chi connectivity index (χ1n) is 6.71. The first kappa shape index (κ1) is 13.5. The lowest BCUT2D eigenvalue weighted by Crippen LogP contribution is -2.44. The molecule has 0 aliphatic heterocycles. The zero-order valence-electron chi connectivity index (χ0n) is 10.7. The van der Waals surface area contributed by atoms with Crippen LogP contribution < -0.4 is 5.73 Å². The minimum atomic E-state index is 0.0897. The van der Waals surface area contributed by atoms with Crippen molar-refractivity contribution in [1.82, 2.24) is 4.90 Å². The molecule has 3 heteroatoms. The van der Waals surface area contributed by atoms with Crippen LogP contribution in [0.2, 0.25) is 0 Å². The van der Waals surface area contributed by atoms with Gasteiger partial charge in [0.1, 0.15) is 0 Å². The number of nitrogens with two attached hydrogens (primary N) is 1. The molecule has 0 aromatic carbocycles. The maximum Gasteiger partial charge on any atom is 0.225 e. The summed E-state index contributed by atoms with van der Waals surface area (Å²) >= 11 is 0. The van der Waals surface area contributed by atoms with Crippen molar-refractivity contribution in [3.63, 3.8) is 0 Å². The highest BCUT2D eigenvalue weighted by Gasteiger charge is 2.26. The molecule has 1 unspecified atom stereocenters. The summed E-state index contributed by atoms with van der Waals surface area (Å²) in [5.41, 5.74) is 5.52. The largest absolute Gasteiger partial charge is 0.340 e. The van der Waals surface area contributed by atoms with E-state index in [0.29, 0.717) is 18.5 Å². The van der Waals surface area contributed by atoms with Gasteiger partial charge >= 0.3 is 0 Å². The van der Waals surface area contributed by atoms with Crippen molar-refractivity contribution < 1.29 is 4.79 Å². The highest BCUT2D eigenvalue weighted by atomic mass is 16.2. The maximum absolute atomic E-state index is 12.2. The van der Waals surface area contributed by atoms with E-state index in [1.165, 1.54) is 32.1 Å². The second-order valence-corrected chi connectivity index (χ2v) is 4.89. The van der Waals surface area contributed by atoms with Crippen LogP contribution in [0.15, 0.2) is 0 Å². The molecule has 1 saturated carbocycles.